The van der Waals surface area contributed by atoms with E-state index in [0.29, 0.717) is 18.1 Å². The standard InChI is InChI=1S/C13H13NO3/c1-9-5-6-12(17-9)13(16)14-8-10-3-2-4-11(15)7-10/h2-7,15H,8H2,1H3,(H,14,16). The second-order valence-corrected chi connectivity index (χ2v) is 3.76. The van der Waals surface area contributed by atoms with Gasteiger partial charge in [-0.1, -0.05) is 12.1 Å². The van der Waals surface area contributed by atoms with Crippen molar-refractivity contribution in [3.05, 3.63) is 53.5 Å². The SMILES string of the molecule is Cc1ccc(C(=O)NCc2cccc(O)c2)o1. The topological polar surface area (TPSA) is 62.5 Å². The van der Waals surface area contributed by atoms with Gasteiger partial charge in [0.05, 0.1) is 0 Å². The maximum absolute atomic E-state index is 11.6. The molecule has 0 fully saturated rings. The molecule has 1 heterocycles. The van der Waals surface area contributed by atoms with Crippen LogP contribution in [0.25, 0.3) is 0 Å². The molecular formula is C13H13NO3. The fourth-order valence-corrected chi connectivity index (χ4v) is 1.49. The Labute approximate surface area is 98.9 Å². The number of aryl methyl sites for hydroxylation is 1. The first-order valence-electron chi connectivity index (χ1n) is 5.28. The highest BCUT2D eigenvalue weighted by Gasteiger charge is 2.09. The number of aromatic hydroxyl groups is 1. The van der Waals surface area contributed by atoms with Gasteiger partial charge in [0.1, 0.15) is 11.5 Å². The summed E-state index contributed by atoms with van der Waals surface area (Å²) in [7, 11) is 0. The van der Waals surface area contributed by atoms with Crippen LogP contribution >= 0.6 is 0 Å². The van der Waals surface area contributed by atoms with Crippen LogP contribution in [0.1, 0.15) is 21.9 Å². The third-order valence-corrected chi connectivity index (χ3v) is 2.33. The highest BCUT2D eigenvalue weighted by atomic mass is 16.3. The first-order chi connectivity index (χ1) is 8.15. The average Bonchev–Trinajstić information content (AvgIpc) is 2.73. The van der Waals surface area contributed by atoms with Gasteiger partial charge in [0.25, 0.3) is 5.91 Å². The minimum Gasteiger partial charge on any atom is -0.508 e. The van der Waals surface area contributed by atoms with E-state index in [-0.39, 0.29) is 11.7 Å². The smallest absolute Gasteiger partial charge is 0.287 e. The summed E-state index contributed by atoms with van der Waals surface area (Å²) in [6.07, 6.45) is 0. The molecule has 2 N–H and O–H groups in total. The molecule has 0 aliphatic carbocycles. The summed E-state index contributed by atoms with van der Waals surface area (Å²) >= 11 is 0. The Bertz CT molecular complexity index is 531. The number of carbonyl (C=O) groups excluding carboxylic acids is 1. The van der Waals surface area contributed by atoms with Crippen LogP contribution in [0.5, 0.6) is 5.75 Å². The summed E-state index contributed by atoms with van der Waals surface area (Å²) in [5.41, 5.74) is 0.835. The van der Waals surface area contributed by atoms with Crippen molar-refractivity contribution >= 4 is 5.91 Å². The summed E-state index contributed by atoms with van der Waals surface area (Å²) in [5, 5.41) is 12.0. The van der Waals surface area contributed by atoms with E-state index in [0.717, 1.165) is 5.56 Å². The first kappa shape index (κ1) is 11.3. The molecule has 88 valence electrons. The van der Waals surface area contributed by atoms with E-state index in [4.69, 9.17) is 4.42 Å². The van der Waals surface area contributed by atoms with Gasteiger partial charge in [0.2, 0.25) is 0 Å². The van der Waals surface area contributed by atoms with E-state index in [2.05, 4.69) is 5.32 Å². The van der Waals surface area contributed by atoms with Crippen molar-refractivity contribution in [3.63, 3.8) is 0 Å². The quantitative estimate of drug-likeness (QED) is 0.851. The Hall–Kier alpha value is -2.23. The number of furan rings is 1. The van der Waals surface area contributed by atoms with Crippen LogP contribution in [0.15, 0.2) is 40.8 Å². The highest BCUT2D eigenvalue weighted by molar-refractivity contribution is 5.91. The number of amides is 1. The summed E-state index contributed by atoms with van der Waals surface area (Å²) in [4.78, 5) is 11.6. The molecule has 4 nitrogen and oxygen atoms in total. The number of hydrogen-bond donors (Lipinski definition) is 2. The number of carbonyl (C=O) groups is 1. The molecular weight excluding hydrogens is 218 g/mol. The van der Waals surface area contributed by atoms with Gasteiger partial charge in [-0.15, -0.1) is 0 Å². The molecule has 2 aromatic rings. The Kier molecular flexibility index (Phi) is 3.14. The highest BCUT2D eigenvalue weighted by Crippen LogP contribution is 2.11. The molecule has 0 radical (unpaired) electrons. The first-order valence-corrected chi connectivity index (χ1v) is 5.28. The summed E-state index contributed by atoms with van der Waals surface area (Å²) in [6.45, 7) is 2.14. The van der Waals surface area contributed by atoms with Crippen LogP contribution in [0.4, 0.5) is 0 Å². The van der Waals surface area contributed by atoms with E-state index in [1.54, 1.807) is 37.3 Å². The zero-order valence-corrected chi connectivity index (χ0v) is 9.43. The number of hydrogen-bond acceptors (Lipinski definition) is 3. The molecule has 0 atom stereocenters. The van der Waals surface area contributed by atoms with Gasteiger partial charge in [-0.05, 0) is 36.8 Å². The molecule has 0 spiro atoms. The molecule has 0 bridgehead atoms. The molecule has 0 aliphatic heterocycles. The third kappa shape index (κ3) is 2.87. The molecule has 17 heavy (non-hydrogen) atoms. The lowest BCUT2D eigenvalue weighted by Crippen LogP contribution is -2.22. The predicted octanol–water partition coefficient (Wildman–Crippen LogP) is 2.22. The van der Waals surface area contributed by atoms with Gasteiger partial charge in [-0.2, -0.15) is 0 Å². The van der Waals surface area contributed by atoms with Gasteiger partial charge < -0.3 is 14.8 Å². The Morgan fingerprint density at radius 3 is 2.82 bits per heavy atom. The van der Waals surface area contributed by atoms with E-state index >= 15 is 0 Å². The van der Waals surface area contributed by atoms with Crippen molar-refractivity contribution in [2.75, 3.05) is 0 Å². The lowest BCUT2D eigenvalue weighted by atomic mass is 10.2. The average molecular weight is 231 g/mol. The van der Waals surface area contributed by atoms with Gasteiger partial charge in [-0.25, -0.2) is 0 Å². The number of phenolic OH excluding ortho intramolecular Hbond substituents is 1. The molecule has 4 heteroatoms. The molecule has 0 saturated heterocycles. The molecule has 1 amide bonds. The second kappa shape index (κ2) is 4.74. The van der Waals surface area contributed by atoms with Gasteiger partial charge in [0, 0.05) is 6.54 Å². The minimum absolute atomic E-state index is 0.186. The number of benzene rings is 1. The third-order valence-electron chi connectivity index (χ3n) is 2.33. The fourth-order valence-electron chi connectivity index (χ4n) is 1.49. The van der Waals surface area contributed by atoms with Crippen molar-refractivity contribution < 1.29 is 14.3 Å². The summed E-state index contributed by atoms with van der Waals surface area (Å²) in [5.74, 6) is 0.919. The maximum atomic E-state index is 11.6. The predicted molar refractivity (Wildman–Crippen MR) is 62.7 cm³/mol. The van der Waals surface area contributed by atoms with Crippen molar-refractivity contribution in [3.8, 4) is 5.75 Å². The number of phenols is 1. The zero-order chi connectivity index (χ0) is 12.3. The maximum Gasteiger partial charge on any atom is 0.287 e. The van der Waals surface area contributed by atoms with E-state index < -0.39 is 0 Å². The zero-order valence-electron chi connectivity index (χ0n) is 9.43. The van der Waals surface area contributed by atoms with Gasteiger partial charge in [0.15, 0.2) is 5.76 Å². The molecule has 0 saturated carbocycles. The normalized spacial score (nSPS) is 10.2. The van der Waals surface area contributed by atoms with Crippen molar-refractivity contribution in [2.45, 2.75) is 13.5 Å². The van der Waals surface area contributed by atoms with Crippen molar-refractivity contribution in [1.82, 2.24) is 5.32 Å². The molecule has 0 unspecified atom stereocenters. The van der Waals surface area contributed by atoms with E-state index in [9.17, 15) is 9.90 Å². The van der Waals surface area contributed by atoms with Crippen LogP contribution in [0, 0.1) is 6.92 Å². The monoisotopic (exact) mass is 231 g/mol. The second-order valence-electron chi connectivity index (χ2n) is 3.76. The van der Waals surface area contributed by atoms with Gasteiger partial charge in [-0.3, -0.25) is 4.79 Å². The van der Waals surface area contributed by atoms with Gasteiger partial charge >= 0.3 is 0 Å². The van der Waals surface area contributed by atoms with E-state index in [1.165, 1.54) is 0 Å². The van der Waals surface area contributed by atoms with Crippen LogP contribution in [-0.4, -0.2) is 11.0 Å². The Morgan fingerprint density at radius 2 is 2.18 bits per heavy atom. The largest absolute Gasteiger partial charge is 0.508 e. The fraction of sp³-hybridized carbons (Fsp3) is 0.154. The Morgan fingerprint density at radius 1 is 1.35 bits per heavy atom. The lowest BCUT2D eigenvalue weighted by Gasteiger charge is -2.03. The molecule has 2 rings (SSSR count). The van der Waals surface area contributed by atoms with E-state index in [1.807, 2.05) is 6.07 Å². The number of nitrogens with one attached hydrogen (secondary N) is 1. The molecule has 1 aromatic heterocycles. The van der Waals surface area contributed by atoms with Crippen LogP contribution in [0.2, 0.25) is 0 Å². The van der Waals surface area contributed by atoms with Crippen molar-refractivity contribution in [1.29, 1.82) is 0 Å². The van der Waals surface area contributed by atoms with Crippen LogP contribution in [-0.2, 0) is 6.54 Å². The number of rotatable bonds is 3. The summed E-state index contributed by atoms with van der Waals surface area (Å²) in [6, 6.07) is 10.1. The molecule has 1 aromatic carbocycles. The molecule has 0 aliphatic rings. The minimum atomic E-state index is -0.263. The Balaban J connectivity index is 1.97. The summed E-state index contributed by atoms with van der Waals surface area (Å²) < 4.78 is 5.20. The van der Waals surface area contributed by atoms with Crippen LogP contribution < -0.4 is 5.32 Å². The van der Waals surface area contributed by atoms with Crippen LogP contribution in [0.3, 0.4) is 0 Å². The van der Waals surface area contributed by atoms with Crippen molar-refractivity contribution in [2.24, 2.45) is 0 Å². The lowest BCUT2D eigenvalue weighted by molar-refractivity contribution is 0.0922.